The number of thioether (sulfide) groups is 2. The monoisotopic (exact) mass is 318 g/mol. The SMILES string of the molecule is CCC1SCC(C(=O)O)N1C(=O)NCC1CCSCC1. The van der Waals surface area contributed by atoms with Crippen LogP contribution in [0.3, 0.4) is 0 Å². The molecule has 0 aromatic heterocycles. The average Bonchev–Trinajstić information content (AvgIpc) is 2.90. The van der Waals surface area contributed by atoms with Crippen molar-refractivity contribution in [2.45, 2.75) is 37.6 Å². The molecule has 2 amide bonds. The number of carboxylic acid groups (broad SMARTS) is 1. The quantitative estimate of drug-likeness (QED) is 0.830. The second-order valence-electron chi connectivity index (χ2n) is 5.20. The third-order valence-electron chi connectivity index (χ3n) is 3.84. The van der Waals surface area contributed by atoms with E-state index in [9.17, 15) is 14.7 Å². The largest absolute Gasteiger partial charge is 0.480 e. The first-order valence-electron chi connectivity index (χ1n) is 7.11. The van der Waals surface area contributed by atoms with Crippen LogP contribution in [0.5, 0.6) is 0 Å². The summed E-state index contributed by atoms with van der Waals surface area (Å²) in [7, 11) is 0. The van der Waals surface area contributed by atoms with Crippen LogP contribution in [-0.2, 0) is 4.79 Å². The van der Waals surface area contributed by atoms with Crippen molar-refractivity contribution in [3.05, 3.63) is 0 Å². The van der Waals surface area contributed by atoms with Gasteiger partial charge in [-0.1, -0.05) is 6.92 Å². The Morgan fingerprint density at radius 1 is 1.35 bits per heavy atom. The van der Waals surface area contributed by atoms with Gasteiger partial charge in [-0.2, -0.15) is 11.8 Å². The van der Waals surface area contributed by atoms with Crippen LogP contribution < -0.4 is 5.32 Å². The van der Waals surface area contributed by atoms with Gasteiger partial charge in [0.2, 0.25) is 0 Å². The van der Waals surface area contributed by atoms with E-state index in [2.05, 4.69) is 5.32 Å². The van der Waals surface area contributed by atoms with Crippen molar-refractivity contribution >= 4 is 35.5 Å². The molecule has 0 spiro atoms. The fourth-order valence-corrected chi connectivity index (χ4v) is 5.16. The molecule has 0 radical (unpaired) electrons. The van der Waals surface area contributed by atoms with Crippen LogP contribution in [0.15, 0.2) is 0 Å². The predicted octanol–water partition coefficient (Wildman–Crippen LogP) is 2.08. The topological polar surface area (TPSA) is 69.6 Å². The zero-order valence-corrected chi connectivity index (χ0v) is 13.3. The Balaban J connectivity index is 1.89. The molecule has 0 aromatic rings. The number of hydrogen-bond donors (Lipinski definition) is 2. The van der Waals surface area contributed by atoms with Crippen molar-refractivity contribution in [2.24, 2.45) is 5.92 Å². The zero-order chi connectivity index (χ0) is 14.5. The molecule has 2 atom stereocenters. The van der Waals surface area contributed by atoms with Crippen molar-refractivity contribution in [1.29, 1.82) is 0 Å². The first-order valence-corrected chi connectivity index (χ1v) is 9.32. The molecule has 2 saturated heterocycles. The van der Waals surface area contributed by atoms with Crippen LogP contribution >= 0.6 is 23.5 Å². The Hall–Kier alpha value is -0.560. The molecule has 20 heavy (non-hydrogen) atoms. The van der Waals surface area contributed by atoms with Crippen molar-refractivity contribution in [3.63, 3.8) is 0 Å². The van der Waals surface area contributed by atoms with E-state index in [-0.39, 0.29) is 11.4 Å². The summed E-state index contributed by atoms with van der Waals surface area (Å²) in [6.45, 7) is 2.66. The van der Waals surface area contributed by atoms with Crippen molar-refractivity contribution in [3.8, 4) is 0 Å². The third kappa shape index (κ3) is 3.75. The van der Waals surface area contributed by atoms with Gasteiger partial charge in [0.25, 0.3) is 0 Å². The van der Waals surface area contributed by atoms with Gasteiger partial charge in [-0.25, -0.2) is 9.59 Å². The molecule has 7 heteroatoms. The molecule has 2 aliphatic rings. The molecule has 2 fully saturated rings. The van der Waals surface area contributed by atoms with E-state index < -0.39 is 12.0 Å². The van der Waals surface area contributed by atoms with Gasteiger partial charge < -0.3 is 10.4 Å². The number of urea groups is 1. The van der Waals surface area contributed by atoms with E-state index in [0.29, 0.717) is 18.2 Å². The predicted molar refractivity (Wildman–Crippen MR) is 83.2 cm³/mol. The summed E-state index contributed by atoms with van der Waals surface area (Å²) in [4.78, 5) is 25.1. The van der Waals surface area contributed by atoms with Crippen LogP contribution in [0.2, 0.25) is 0 Å². The highest BCUT2D eigenvalue weighted by Gasteiger charge is 2.40. The van der Waals surface area contributed by atoms with Crippen molar-refractivity contribution < 1.29 is 14.7 Å². The lowest BCUT2D eigenvalue weighted by Crippen LogP contribution is -2.51. The number of amides is 2. The molecule has 2 rings (SSSR count). The maximum absolute atomic E-state index is 12.3. The Labute approximate surface area is 128 Å². The second-order valence-corrected chi connectivity index (χ2v) is 7.63. The molecule has 2 heterocycles. The summed E-state index contributed by atoms with van der Waals surface area (Å²) in [6, 6.07) is -0.903. The Morgan fingerprint density at radius 3 is 2.65 bits per heavy atom. The van der Waals surface area contributed by atoms with Gasteiger partial charge in [0.1, 0.15) is 6.04 Å². The second kappa shape index (κ2) is 7.45. The lowest BCUT2D eigenvalue weighted by molar-refractivity contribution is -0.141. The van der Waals surface area contributed by atoms with E-state index in [0.717, 1.165) is 30.8 Å². The minimum absolute atomic E-state index is 0.0157. The number of rotatable bonds is 4. The van der Waals surface area contributed by atoms with Gasteiger partial charge >= 0.3 is 12.0 Å². The number of carbonyl (C=O) groups is 2. The van der Waals surface area contributed by atoms with Crippen molar-refractivity contribution in [1.82, 2.24) is 10.2 Å². The minimum Gasteiger partial charge on any atom is -0.480 e. The van der Waals surface area contributed by atoms with Gasteiger partial charge in [0.05, 0.1) is 5.37 Å². The molecule has 114 valence electrons. The highest BCUT2D eigenvalue weighted by molar-refractivity contribution is 8.00. The Kier molecular flexibility index (Phi) is 5.89. The van der Waals surface area contributed by atoms with Crippen molar-refractivity contribution in [2.75, 3.05) is 23.8 Å². The summed E-state index contributed by atoms with van der Waals surface area (Å²) < 4.78 is 0. The zero-order valence-electron chi connectivity index (χ0n) is 11.7. The van der Waals surface area contributed by atoms with Crippen LogP contribution in [-0.4, -0.2) is 57.2 Å². The molecule has 2 aliphatic heterocycles. The first kappa shape index (κ1) is 15.8. The molecule has 2 unspecified atom stereocenters. The molecular formula is C13H22N2O3S2. The summed E-state index contributed by atoms with van der Waals surface area (Å²) in [6.07, 6.45) is 3.06. The number of aliphatic carboxylic acids is 1. The molecule has 0 saturated carbocycles. The lowest BCUT2D eigenvalue weighted by Gasteiger charge is -2.28. The van der Waals surface area contributed by atoms with Gasteiger partial charge in [-0.05, 0) is 36.7 Å². The van der Waals surface area contributed by atoms with Gasteiger partial charge in [0.15, 0.2) is 0 Å². The highest BCUT2D eigenvalue weighted by atomic mass is 32.2. The van der Waals surface area contributed by atoms with E-state index in [4.69, 9.17) is 0 Å². The first-order chi connectivity index (χ1) is 9.63. The fraction of sp³-hybridized carbons (Fsp3) is 0.846. The Morgan fingerprint density at radius 2 is 2.05 bits per heavy atom. The number of nitrogens with one attached hydrogen (secondary N) is 1. The minimum atomic E-state index is -0.905. The number of carboxylic acids is 1. The van der Waals surface area contributed by atoms with Gasteiger partial charge in [-0.3, -0.25) is 4.90 Å². The normalized spacial score (nSPS) is 27.6. The number of nitrogens with zero attached hydrogens (tertiary/aromatic N) is 1. The van der Waals surface area contributed by atoms with Crippen LogP contribution in [0.4, 0.5) is 4.79 Å². The van der Waals surface area contributed by atoms with Gasteiger partial charge in [0, 0.05) is 12.3 Å². The maximum Gasteiger partial charge on any atom is 0.327 e. The summed E-state index contributed by atoms with van der Waals surface area (Å²) in [5.41, 5.74) is 0. The van der Waals surface area contributed by atoms with E-state index in [1.54, 1.807) is 11.8 Å². The summed E-state index contributed by atoms with van der Waals surface area (Å²) >= 11 is 3.52. The average molecular weight is 318 g/mol. The summed E-state index contributed by atoms with van der Waals surface area (Å²) in [5.74, 6) is 2.45. The highest BCUT2D eigenvalue weighted by Crippen LogP contribution is 2.31. The standard InChI is InChI=1S/C13H22N2O3S2/c1-2-11-15(10(8-20-11)12(16)17)13(18)14-7-9-3-5-19-6-4-9/h9-11H,2-8H2,1H3,(H,14,18)(H,16,17). The number of carbonyl (C=O) groups excluding carboxylic acids is 1. The van der Waals surface area contributed by atoms with Crippen LogP contribution in [0.25, 0.3) is 0 Å². The number of hydrogen-bond acceptors (Lipinski definition) is 4. The van der Waals surface area contributed by atoms with Crippen LogP contribution in [0, 0.1) is 5.92 Å². The molecule has 2 N–H and O–H groups in total. The molecule has 0 bridgehead atoms. The maximum atomic E-state index is 12.3. The van der Waals surface area contributed by atoms with Crippen LogP contribution in [0.1, 0.15) is 26.2 Å². The molecule has 0 aliphatic carbocycles. The smallest absolute Gasteiger partial charge is 0.327 e. The van der Waals surface area contributed by atoms with E-state index in [1.165, 1.54) is 4.90 Å². The lowest BCUT2D eigenvalue weighted by atomic mass is 10.0. The fourth-order valence-electron chi connectivity index (χ4n) is 2.61. The third-order valence-corrected chi connectivity index (χ3v) is 6.35. The Bertz CT molecular complexity index is 362. The molecule has 5 nitrogen and oxygen atoms in total. The van der Waals surface area contributed by atoms with E-state index in [1.807, 2.05) is 18.7 Å². The van der Waals surface area contributed by atoms with Gasteiger partial charge in [-0.15, -0.1) is 11.8 Å². The molecular weight excluding hydrogens is 296 g/mol. The van der Waals surface area contributed by atoms with E-state index >= 15 is 0 Å². The molecule has 0 aromatic carbocycles. The summed E-state index contributed by atoms with van der Waals surface area (Å²) in [5, 5.41) is 12.2.